The number of fused-ring (bicyclic) bond motifs is 1. The minimum absolute atomic E-state index is 0.0955. The molecular formula is C22H22ClN3O7. The number of carboxylic acid groups (broad SMARTS) is 1. The summed E-state index contributed by atoms with van der Waals surface area (Å²) in [6, 6.07) is 9.81. The number of rotatable bonds is 10. The van der Waals surface area contributed by atoms with Crippen molar-refractivity contribution < 1.29 is 34.4 Å². The molecule has 0 aliphatic carbocycles. The third-order valence-electron chi connectivity index (χ3n) is 4.76. The summed E-state index contributed by atoms with van der Waals surface area (Å²) >= 11 is 6.22. The number of nitrogens with one attached hydrogen (secondary N) is 3. The fourth-order valence-electron chi connectivity index (χ4n) is 3.08. The van der Waals surface area contributed by atoms with E-state index in [1.807, 2.05) is 0 Å². The quantitative estimate of drug-likeness (QED) is 0.259. The minimum atomic E-state index is -1.07. The molecule has 6 N–H and O–H groups in total. The number of amides is 2. The number of hydrogen-bond acceptors (Lipinski definition) is 6. The van der Waals surface area contributed by atoms with E-state index < -0.39 is 23.8 Å². The maximum atomic E-state index is 12.7. The normalized spacial score (nSPS) is 11.7. The summed E-state index contributed by atoms with van der Waals surface area (Å²) in [5, 5.41) is 33.5. The van der Waals surface area contributed by atoms with Gasteiger partial charge in [-0.15, -0.1) is 0 Å². The third kappa shape index (κ3) is 6.01. The number of carbonyl (C=O) groups excluding carboxylic acids is 2. The SMILES string of the molecule is O=C(COc1cc2[nH]c(C(=O)NC(CO)c3ccc(C(=O)O)cc3)cc2cc1Cl)NCCO. The lowest BCUT2D eigenvalue weighted by Gasteiger charge is -2.16. The number of hydrogen-bond donors (Lipinski definition) is 6. The molecule has 0 fully saturated rings. The summed E-state index contributed by atoms with van der Waals surface area (Å²) in [6.07, 6.45) is 0. The number of H-pyrrole nitrogens is 1. The zero-order valence-electron chi connectivity index (χ0n) is 17.3. The van der Waals surface area contributed by atoms with Crippen LogP contribution < -0.4 is 15.4 Å². The van der Waals surface area contributed by atoms with Gasteiger partial charge < -0.3 is 35.7 Å². The minimum Gasteiger partial charge on any atom is -0.482 e. The van der Waals surface area contributed by atoms with Crippen molar-refractivity contribution in [2.45, 2.75) is 6.04 Å². The van der Waals surface area contributed by atoms with Crippen LogP contribution in [0.4, 0.5) is 0 Å². The summed E-state index contributed by atoms with van der Waals surface area (Å²) in [4.78, 5) is 38.3. The van der Waals surface area contributed by atoms with E-state index >= 15 is 0 Å². The van der Waals surface area contributed by atoms with Crippen LogP contribution in [0.15, 0.2) is 42.5 Å². The number of halogens is 1. The number of ether oxygens (including phenoxy) is 1. The second-order valence-corrected chi connectivity index (χ2v) is 7.46. The van der Waals surface area contributed by atoms with E-state index in [2.05, 4.69) is 15.6 Å². The Morgan fingerprint density at radius 3 is 2.45 bits per heavy atom. The largest absolute Gasteiger partial charge is 0.482 e. The Bertz CT molecular complexity index is 1160. The first-order chi connectivity index (χ1) is 15.8. The number of aromatic nitrogens is 1. The first-order valence-corrected chi connectivity index (χ1v) is 10.3. The summed E-state index contributed by atoms with van der Waals surface area (Å²) in [5.41, 5.74) is 1.39. The van der Waals surface area contributed by atoms with Crippen LogP contribution >= 0.6 is 11.6 Å². The van der Waals surface area contributed by atoms with E-state index in [4.69, 9.17) is 26.6 Å². The molecular weight excluding hydrogens is 454 g/mol. The Hall–Kier alpha value is -3.60. The molecule has 1 aromatic heterocycles. The molecule has 174 valence electrons. The molecule has 11 heteroatoms. The van der Waals surface area contributed by atoms with Crippen molar-refractivity contribution in [3.05, 3.63) is 64.3 Å². The van der Waals surface area contributed by atoms with Crippen LogP contribution in [0.2, 0.25) is 5.02 Å². The van der Waals surface area contributed by atoms with Crippen LogP contribution in [0.25, 0.3) is 10.9 Å². The van der Waals surface area contributed by atoms with Crippen molar-refractivity contribution in [1.82, 2.24) is 15.6 Å². The number of carbonyl (C=O) groups is 3. The van der Waals surface area contributed by atoms with Crippen LogP contribution in [0.1, 0.15) is 32.5 Å². The van der Waals surface area contributed by atoms with E-state index in [1.54, 1.807) is 18.2 Å². The van der Waals surface area contributed by atoms with Gasteiger partial charge in [-0.3, -0.25) is 9.59 Å². The lowest BCUT2D eigenvalue weighted by atomic mass is 10.1. The summed E-state index contributed by atoms with van der Waals surface area (Å²) in [5.74, 6) is -1.74. The lowest BCUT2D eigenvalue weighted by molar-refractivity contribution is -0.123. The van der Waals surface area contributed by atoms with Crippen molar-refractivity contribution in [2.75, 3.05) is 26.4 Å². The molecule has 1 atom stereocenters. The second kappa shape index (κ2) is 10.8. The molecule has 0 spiro atoms. The summed E-state index contributed by atoms with van der Waals surface area (Å²) < 4.78 is 5.42. The molecule has 1 heterocycles. The van der Waals surface area contributed by atoms with Gasteiger partial charge in [-0.2, -0.15) is 0 Å². The van der Waals surface area contributed by atoms with Crippen molar-refractivity contribution in [1.29, 1.82) is 0 Å². The highest BCUT2D eigenvalue weighted by Gasteiger charge is 2.18. The monoisotopic (exact) mass is 475 g/mol. The van der Waals surface area contributed by atoms with Crippen molar-refractivity contribution in [2.24, 2.45) is 0 Å². The fraction of sp³-hybridized carbons (Fsp3) is 0.227. The standard InChI is InChI=1S/C22H22ClN3O7/c23-15-7-14-8-17(25-16(14)9-19(15)33-11-20(29)24-5-6-27)21(30)26-18(10-28)12-1-3-13(4-2-12)22(31)32/h1-4,7-9,18,25,27-28H,5-6,10-11H2,(H,24,29)(H,26,30)(H,31,32). The van der Waals surface area contributed by atoms with Gasteiger partial charge in [0, 0.05) is 23.5 Å². The molecule has 0 bridgehead atoms. The van der Waals surface area contributed by atoms with Crippen molar-refractivity contribution in [3.63, 3.8) is 0 Å². The topological polar surface area (TPSA) is 161 Å². The van der Waals surface area contributed by atoms with Gasteiger partial charge in [-0.1, -0.05) is 23.7 Å². The van der Waals surface area contributed by atoms with Gasteiger partial charge in [0.1, 0.15) is 11.4 Å². The van der Waals surface area contributed by atoms with E-state index in [9.17, 15) is 19.5 Å². The molecule has 10 nitrogen and oxygen atoms in total. The van der Waals surface area contributed by atoms with Gasteiger partial charge in [0.2, 0.25) is 0 Å². The van der Waals surface area contributed by atoms with Crippen LogP contribution in [-0.4, -0.2) is 64.5 Å². The van der Waals surface area contributed by atoms with Gasteiger partial charge in [-0.25, -0.2) is 4.79 Å². The molecule has 33 heavy (non-hydrogen) atoms. The highest BCUT2D eigenvalue weighted by atomic mass is 35.5. The maximum absolute atomic E-state index is 12.7. The highest BCUT2D eigenvalue weighted by molar-refractivity contribution is 6.32. The first-order valence-electron chi connectivity index (χ1n) is 9.90. The first kappa shape index (κ1) is 24.1. The lowest BCUT2D eigenvalue weighted by Crippen LogP contribution is -2.31. The molecule has 0 aliphatic rings. The smallest absolute Gasteiger partial charge is 0.335 e. The number of carboxylic acids is 1. The third-order valence-corrected chi connectivity index (χ3v) is 5.05. The van der Waals surface area contributed by atoms with E-state index in [0.717, 1.165) is 0 Å². The van der Waals surface area contributed by atoms with Gasteiger partial charge in [0.15, 0.2) is 6.61 Å². The van der Waals surface area contributed by atoms with Crippen LogP contribution in [-0.2, 0) is 4.79 Å². The number of aromatic carboxylic acids is 1. The van der Waals surface area contributed by atoms with Crippen molar-refractivity contribution in [3.8, 4) is 5.75 Å². The Morgan fingerprint density at radius 2 is 1.82 bits per heavy atom. The number of aliphatic hydroxyl groups excluding tert-OH is 2. The Morgan fingerprint density at radius 1 is 1.09 bits per heavy atom. The fourth-order valence-corrected chi connectivity index (χ4v) is 3.31. The molecule has 2 aromatic carbocycles. The number of benzene rings is 2. The van der Waals surface area contributed by atoms with Crippen LogP contribution in [0.3, 0.4) is 0 Å². The highest BCUT2D eigenvalue weighted by Crippen LogP contribution is 2.30. The van der Waals surface area contributed by atoms with Gasteiger partial charge in [0.25, 0.3) is 11.8 Å². The van der Waals surface area contributed by atoms with Gasteiger partial charge in [-0.05, 0) is 29.8 Å². The zero-order chi connectivity index (χ0) is 24.0. The Balaban J connectivity index is 1.72. The van der Waals surface area contributed by atoms with E-state index in [0.29, 0.717) is 16.5 Å². The zero-order valence-corrected chi connectivity index (χ0v) is 18.1. The van der Waals surface area contributed by atoms with Gasteiger partial charge >= 0.3 is 5.97 Å². The molecule has 3 rings (SSSR count). The maximum Gasteiger partial charge on any atom is 0.335 e. The average molecular weight is 476 g/mol. The average Bonchev–Trinajstić information content (AvgIpc) is 3.22. The predicted octanol–water partition coefficient (Wildman–Crippen LogP) is 1.47. The summed E-state index contributed by atoms with van der Waals surface area (Å²) in [6.45, 7) is -0.752. The van der Waals surface area contributed by atoms with E-state index in [-0.39, 0.29) is 48.4 Å². The molecule has 0 saturated carbocycles. The number of aromatic amines is 1. The molecule has 2 amide bonds. The molecule has 0 saturated heterocycles. The molecule has 0 aliphatic heterocycles. The van der Waals surface area contributed by atoms with Crippen LogP contribution in [0, 0.1) is 0 Å². The Labute approximate surface area is 193 Å². The summed E-state index contributed by atoms with van der Waals surface area (Å²) in [7, 11) is 0. The van der Waals surface area contributed by atoms with Crippen LogP contribution in [0.5, 0.6) is 5.75 Å². The molecule has 0 radical (unpaired) electrons. The van der Waals surface area contributed by atoms with E-state index in [1.165, 1.54) is 24.3 Å². The van der Waals surface area contributed by atoms with Gasteiger partial charge in [0.05, 0.1) is 29.8 Å². The molecule has 3 aromatic rings. The Kier molecular flexibility index (Phi) is 7.88. The van der Waals surface area contributed by atoms with Crippen molar-refractivity contribution >= 4 is 40.3 Å². The number of aliphatic hydroxyl groups is 2. The second-order valence-electron chi connectivity index (χ2n) is 7.05. The molecule has 1 unspecified atom stereocenters. The predicted molar refractivity (Wildman–Crippen MR) is 120 cm³/mol.